The molecule has 2 aliphatic heterocycles. The first-order valence-corrected chi connectivity index (χ1v) is 14.0. The Bertz CT molecular complexity index is 2210. The molecule has 2 amide bonds. The number of imide groups is 1. The van der Waals surface area contributed by atoms with Gasteiger partial charge in [0.25, 0.3) is 17.6 Å². The minimum atomic E-state index is -5.09. The van der Waals surface area contributed by atoms with Crippen LogP contribution in [0.1, 0.15) is 48.0 Å². The maximum Gasteiger partial charge on any atom is 0.453 e. The Kier molecular flexibility index (Phi) is 6.96. The molecule has 0 atom stereocenters. The molecule has 0 unspecified atom stereocenters. The predicted octanol–water partition coefficient (Wildman–Crippen LogP) is 6.66. The number of benzene rings is 4. The van der Waals surface area contributed by atoms with Crippen molar-refractivity contribution in [2.75, 3.05) is 6.79 Å². The fourth-order valence-corrected chi connectivity index (χ4v) is 5.25. The molecule has 10 nitrogen and oxygen atoms in total. The monoisotopic (exact) mass is 643 g/mol. The molecule has 0 fully saturated rings. The van der Waals surface area contributed by atoms with Gasteiger partial charge in [0, 0.05) is 6.07 Å². The van der Waals surface area contributed by atoms with Crippen LogP contribution in [0.4, 0.5) is 13.2 Å². The SMILES string of the molecule is Cc1cccc(Oc2c(C(F)(F)F)oc3cc(OC(=O)c4ccc5c(c4)C(=O)N(Cc4ccc6c(c4)OCO6)C5=O)ccc3c2=O)c1. The third-order valence-corrected chi connectivity index (χ3v) is 7.48. The van der Waals surface area contributed by atoms with E-state index in [-0.39, 0.29) is 46.9 Å². The molecule has 0 radical (unpaired) electrons. The average Bonchev–Trinajstić information content (AvgIpc) is 3.60. The van der Waals surface area contributed by atoms with Crippen molar-refractivity contribution in [2.45, 2.75) is 19.6 Å². The standard InChI is InChI=1S/C34H20F3NO9/c1-17-3-2-4-20(11-17)45-29-28(39)23-9-7-21(14-26(23)47-30(29)34(35,36)37)46-33(42)19-6-8-22-24(13-19)32(41)38(31(22)40)15-18-5-10-25-27(12-18)44-16-43-25/h2-14H,15-16H2,1H3. The van der Waals surface area contributed by atoms with E-state index in [9.17, 15) is 32.3 Å². The second-order valence-corrected chi connectivity index (χ2v) is 10.7. The van der Waals surface area contributed by atoms with Gasteiger partial charge in [-0.25, -0.2) is 4.79 Å². The highest BCUT2D eigenvalue weighted by atomic mass is 19.4. The number of carbonyl (C=O) groups is 3. The Morgan fingerprint density at radius 3 is 2.43 bits per heavy atom. The topological polar surface area (TPSA) is 122 Å². The summed E-state index contributed by atoms with van der Waals surface area (Å²) in [5.74, 6) is -4.05. The Labute approximate surface area is 262 Å². The first-order chi connectivity index (χ1) is 22.5. The number of esters is 1. The summed E-state index contributed by atoms with van der Waals surface area (Å²) in [6.45, 7) is 1.72. The van der Waals surface area contributed by atoms with Crippen LogP contribution in [0.2, 0.25) is 0 Å². The second-order valence-electron chi connectivity index (χ2n) is 10.7. The minimum absolute atomic E-state index is 0.0123. The van der Waals surface area contributed by atoms with Gasteiger partial charge >= 0.3 is 12.1 Å². The van der Waals surface area contributed by atoms with Crippen LogP contribution in [-0.2, 0) is 12.7 Å². The van der Waals surface area contributed by atoms with Crippen molar-refractivity contribution >= 4 is 28.8 Å². The summed E-state index contributed by atoms with van der Waals surface area (Å²) in [6, 6.07) is 18.3. The minimum Gasteiger partial charge on any atom is -0.454 e. The Balaban J connectivity index is 1.13. The van der Waals surface area contributed by atoms with E-state index in [1.165, 1.54) is 36.4 Å². The van der Waals surface area contributed by atoms with E-state index in [2.05, 4.69) is 0 Å². The summed E-state index contributed by atoms with van der Waals surface area (Å²) in [6.07, 6.45) is -5.09. The van der Waals surface area contributed by atoms with E-state index in [1.54, 1.807) is 37.3 Å². The van der Waals surface area contributed by atoms with Crippen molar-refractivity contribution in [1.29, 1.82) is 0 Å². The molecular formula is C34H20F3NO9. The molecular weight excluding hydrogens is 623 g/mol. The average molecular weight is 644 g/mol. The molecule has 1 aromatic heterocycles. The lowest BCUT2D eigenvalue weighted by molar-refractivity contribution is -0.154. The van der Waals surface area contributed by atoms with Crippen molar-refractivity contribution < 1.29 is 50.9 Å². The summed E-state index contributed by atoms with van der Waals surface area (Å²) in [4.78, 5) is 53.4. The number of alkyl halides is 3. The van der Waals surface area contributed by atoms with Crippen LogP contribution in [-0.4, -0.2) is 29.5 Å². The summed E-state index contributed by atoms with van der Waals surface area (Å²) >= 11 is 0. The maximum absolute atomic E-state index is 14.0. The highest BCUT2D eigenvalue weighted by molar-refractivity contribution is 6.22. The van der Waals surface area contributed by atoms with Gasteiger partial charge in [-0.1, -0.05) is 18.2 Å². The molecule has 0 N–H and O–H groups in total. The highest BCUT2D eigenvalue weighted by Crippen LogP contribution is 2.39. The van der Waals surface area contributed by atoms with Gasteiger partial charge in [0.05, 0.1) is 28.6 Å². The van der Waals surface area contributed by atoms with Crippen molar-refractivity contribution in [3.63, 3.8) is 0 Å². The number of aryl methyl sites for hydroxylation is 1. The predicted molar refractivity (Wildman–Crippen MR) is 157 cm³/mol. The molecule has 0 aliphatic carbocycles. The van der Waals surface area contributed by atoms with Crippen molar-refractivity contribution in [1.82, 2.24) is 4.90 Å². The number of hydrogen-bond acceptors (Lipinski definition) is 9. The number of carbonyl (C=O) groups excluding carboxylic acids is 3. The van der Waals surface area contributed by atoms with Gasteiger partial charge in [0.15, 0.2) is 11.5 Å². The smallest absolute Gasteiger partial charge is 0.453 e. The van der Waals surface area contributed by atoms with Gasteiger partial charge in [-0.2, -0.15) is 13.2 Å². The molecule has 0 saturated carbocycles. The molecule has 47 heavy (non-hydrogen) atoms. The maximum atomic E-state index is 14.0. The number of hydrogen-bond donors (Lipinski definition) is 0. The summed E-state index contributed by atoms with van der Waals surface area (Å²) < 4.78 is 68.4. The van der Waals surface area contributed by atoms with E-state index < -0.39 is 46.5 Å². The quantitative estimate of drug-likeness (QED) is 0.114. The molecule has 7 rings (SSSR count). The first kappa shape index (κ1) is 29.6. The molecule has 13 heteroatoms. The summed E-state index contributed by atoms with van der Waals surface area (Å²) in [5.41, 5.74) is -0.300. The number of rotatable bonds is 6. The zero-order valence-electron chi connectivity index (χ0n) is 24.2. The van der Waals surface area contributed by atoms with Crippen LogP contribution < -0.4 is 24.4 Å². The van der Waals surface area contributed by atoms with Gasteiger partial charge in [-0.15, -0.1) is 0 Å². The number of ether oxygens (including phenoxy) is 4. The van der Waals surface area contributed by atoms with Crippen LogP contribution >= 0.6 is 0 Å². The second kappa shape index (κ2) is 11.1. The van der Waals surface area contributed by atoms with Crippen LogP contribution in [0.25, 0.3) is 11.0 Å². The van der Waals surface area contributed by atoms with E-state index in [0.717, 1.165) is 17.0 Å². The Morgan fingerprint density at radius 1 is 0.851 bits per heavy atom. The molecule has 0 spiro atoms. The normalized spacial score (nSPS) is 13.7. The fraction of sp³-hybridized carbons (Fsp3) is 0.118. The highest BCUT2D eigenvalue weighted by Gasteiger charge is 2.41. The Hall–Kier alpha value is -6.11. The molecule has 5 aromatic rings. The zero-order chi connectivity index (χ0) is 33.0. The van der Waals surface area contributed by atoms with E-state index >= 15 is 0 Å². The van der Waals surface area contributed by atoms with Gasteiger partial charge in [0.1, 0.15) is 17.1 Å². The van der Waals surface area contributed by atoms with Crippen LogP contribution in [0.15, 0.2) is 88.1 Å². The van der Waals surface area contributed by atoms with Crippen LogP contribution in [0.3, 0.4) is 0 Å². The van der Waals surface area contributed by atoms with Crippen molar-refractivity contribution in [3.05, 3.63) is 123 Å². The molecule has 0 saturated heterocycles. The lowest BCUT2D eigenvalue weighted by Gasteiger charge is -2.14. The van der Waals surface area contributed by atoms with E-state index in [0.29, 0.717) is 22.6 Å². The molecule has 4 aromatic carbocycles. The van der Waals surface area contributed by atoms with Gasteiger partial charge in [0.2, 0.25) is 18.0 Å². The molecule has 2 aliphatic rings. The lowest BCUT2D eigenvalue weighted by atomic mass is 10.1. The molecule has 3 heterocycles. The Morgan fingerprint density at radius 2 is 1.64 bits per heavy atom. The largest absolute Gasteiger partial charge is 0.454 e. The van der Waals surface area contributed by atoms with Gasteiger partial charge in [-0.3, -0.25) is 19.3 Å². The van der Waals surface area contributed by atoms with Crippen molar-refractivity contribution in [3.8, 4) is 28.7 Å². The first-order valence-electron chi connectivity index (χ1n) is 14.0. The van der Waals surface area contributed by atoms with Crippen molar-refractivity contribution in [2.24, 2.45) is 0 Å². The summed E-state index contributed by atoms with van der Waals surface area (Å²) in [7, 11) is 0. The number of halogens is 3. The fourth-order valence-electron chi connectivity index (χ4n) is 5.25. The summed E-state index contributed by atoms with van der Waals surface area (Å²) in [5, 5.41) is -0.246. The van der Waals surface area contributed by atoms with Gasteiger partial charge < -0.3 is 23.4 Å². The van der Waals surface area contributed by atoms with Gasteiger partial charge in [-0.05, 0) is 72.6 Å². The number of amides is 2. The third kappa shape index (κ3) is 5.41. The zero-order valence-corrected chi connectivity index (χ0v) is 24.2. The third-order valence-electron chi connectivity index (χ3n) is 7.48. The molecule has 0 bridgehead atoms. The van der Waals surface area contributed by atoms with E-state index in [4.69, 9.17) is 23.4 Å². The van der Waals surface area contributed by atoms with Crippen LogP contribution in [0.5, 0.6) is 28.7 Å². The lowest BCUT2D eigenvalue weighted by Crippen LogP contribution is -2.29. The number of fused-ring (bicyclic) bond motifs is 3. The van der Waals surface area contributed by atoms with Crippen LogP contribution in [0, 0.1) is 6.92 Å². The van der Waals surface area contributed by atoms with E-state index in [1.807, 2.05) is 0 Å². The molecule has 236 valence electrons. The number of nitrogens with zero attached hydrogens (tertiary/aromatic N) is 1.